The van der Waals surface area contributed by atoms with E-state index in [0.29, 0.717) is 11.4 Å². The second-order valence-corrected chi connectivity index (χ2v) is 7.37. The van der Waals surface area contributed by atoms with E-state index in [2.05, 4.69) is 15.4 Å². The molecule has 0 fully saturated rings. The highest BCUT2D eigenvalue weighted by Gasteiger charge is 2.30. The van der Waals surface area contributed by atoms with Crippen molar-refractivity contribution < 1.29 is 26.3 Å². The van der Waals surface area contributed by atoms with Crippen molar-refractivity contribution in [2.75, 3.05) is 16.9 Å². The monoisotopic (exact) mass is 390 g/mol. The predicted octanol–water partition coefficient (Wildman–Crippen LogP) is 3.80. The summed E-state index contributed by atoms with van der Waals surface area (Å²) < 4.78 is 62.8. The molecule has 0 aliphatic rings. The molecule has 25 heavy (non-hydrogen) atoms. The summed E-state index contributed by atoms with van der Waals surface area (Å²) >= 11 is 5.09. The summed E-state index contributed by atoms with van der Waals surface area (Å²) in [6.07, 6.45) is -3.64. The molecule has 2 aromatic carbocycles. The number of hydrogen-bond acceptors (Lipinski definition) is 4. The van der Waals surface area contributed by atoms with Crippen LogP contribution in [-0.4, -0.2) is 26.1 Å². The molecule has 2 N–H and O–H groups in total. The van der Waals surface area contributed by atoms with Crippen LogP contribution < -0.4 is 15.4 Å². The van der Waals surface area contributed by atoms with Gasteiger partial charge < -0.3 is 15.4 Å². The van der Waals surface area contributed by atoms with E-state index in [1.807, 2.05) is 0 Å². The number of halogens is 3. The molecule has 134 valence electrons. The zero-order valence-corrected chi connectivity index (χ0v) is 14.4. The average Bonchev–Trinajstić information content (AvgIpc) is 2.47. The first-order valence-corrected chi connectivity index (χ1v) is 9.07. The Labute approximate surface area is 147 Å². The Morgan fingerprint density at radius 1 is 0.960 bits per heavy atom. The lowest BCUT2D eigenvalue weighted by atomic mass is 10.3. The van der Waals surface area contributed by atoms with Crippen LogP contribution in [0, 0.1) is 0 Å². The van der Waals surface area contributed by atoms with Crippen LogP contribution >= 0.6 is 12.2 Å². The van der Waals surface area contributed by atoms with Crippen LogP contribution in [0.4, 0.5) is 24.5 Å². The van der Waals surface area contributed by atoms with Gasteiger partial charge in [-0.25, -0.2) is 8.42 Å². The van der Waals surface area contributed by atoms with E-state index in [4.69, 9.17) is 12.2 Å². The molecule has 0 atom stereocenters. The van der Waals surface area contributed by atoms with Crippen molar-refractivity contribution in [3.05, 3.63) is 48.5 Å². The minimum absolute atomic E-state index is 0.178. The van der Waals surface area contributed by atoms with Gasteiger partial charge >= 0.3 is 6.36 Å². The maximum absolute atomic E-state index is 12.1. The van der Waals surface area contributed by atoms with Crippen molar-refractivity contribution in [1.29, 1.82) is 0 Å². The third kappa shape index (κ3) is 6.24. The van der Waals surface area contributed by atoms with E-state index < -0.39 is 16.2 Å². The predicted molar refractivity (Wildman–Crippen MR) is 92.5 cm³/mol. The number of anilines is 2. The van der Waals surface area contributed by atoms with E-state index in [9.17, 15) is 21.6 Å². The summed E-state index contributed by atoms with van der Waals surface area (Å²) in [4.78, 5) is 0.178. The summed E-state index contributed by atoms with van der Waals surface area (Å²) in [5.74, 6) is -0.340. The maximum atomic E-state index is 12.1. The minimum atomic E-state index is -4.75. The van der Waals surface area contributed by atoms with E-state index in [1.54, 1.807) is 12.1 Å². The number of alkyl halides is 3. The summed E-state index contributed by atoms with van der Waals surface area (Å²) in [5, 5.41) is 5.82. The quantitative estimate of drug-likeness (QED) is 0.774. The molecule has 0 aliphatic carbocycles. The van der Waals surface area contributed by atoms with Gasteiger partial charge in [0.05, 0.1) is 4.90 Å². The summed E-state index contributed by atoms with van der Waals surface area (Å²) in [5.41, 5.74) is 1.02. The van der Waals surface area contributed by atoms with Gasteiger partial charge in [0.2, 0.25) is 0 Å². The van der Waals surface area contributed by atoms with Gasteiger partial charge in [0.25, 0.3) is 0 Å². The number of hydrogen-bond donors (Lipinski definition) is 2. The van der Waals surface area contributed by atoms with E-state index in [1.165, 1.54) is 24.3 Å². The molecule has 0 saturated heterocycles. The topological polar surface area (TPSA) is 67.4 Å². The molecule has 0 radical (unpaired) electrons. The molecule has 0 saturated carbocycles. The third-order valence-electron chi connectivity index (χ3n) is 2.89. The number of benzene rings is 2. The number of thiocarbonyl (C=S) groups is 1. The molecule has 0 spiro atoms. The summed E-state index contributed by atoms with van der Waals surface area (Å²) in [6.45, 7) is 0. The van der Waals surface area contributed by atoms with Gasteiger partial charge in [0.15, 0.2) is 14.9 Å². The van der Waals surface area contributed by atoms with Gasteiger partial charge in [-0.1, -0.05) is 0 Å². The van der Waals surface area contributed by atoms with Crippen LogP contribution in [0.25, 0.3) is 0 Å². The molecular formula is C15H13F3N2O3S2. The van der Waals surface area contributed by atoms with Crippen LogP contribution in [0.2, 0.25) is 0 Å². The average molecular weight is 390 g/mol. The first kappa shape index (κ1) is 19.0. The lowest BCUT2D eigenvalue weighted by Crippen LogP contribution is -2.19. The number of nitrogens with one attached hydrogen (secondary N) is 2. The molecule has 5 nitrogen and oxygen atoms in total. The van der Waals surface area contributed by atoms with Crippen molar-refractivity contribution in [3.63, 3.8) is 0 Å². The Bertz CT molecular complexity index is 849. The van der Waals surface area contributed by atoms with Crippen molar-refractivity contribution in [2.24, 2.45) is 0 Å². The molecule has 0 bridgehead atoms. The molecule has 0 aliphatic heterocycles. The fourth-order valence-electron chi connectivity index (χ4n) is 1.82. The fraction of sp³-hybridized carbons (Fsp3) is 0.133. The Morgan fingerprint density at radius 2 is 1.40 bits per heavy atom. The van der Waals surface area contributed by atoms with Crippen molar-refractivity contribution in [2.45, 2.75) is 11.3 Å². The van der Waals surface area contributed by atoms with Crippen molar-refractivity contribution in [3.8, 4) is 5.75 Å². The maximum Gasteiger partial charge on any atom is 0.573 e. The molecule has 2 rings (SSSR count). The van der Waals surface area contributed by atoms with Crippen LogP contribution in [0.15, 0.2) is 53.4 Å². The van der Waals surface area contributed by atoms with Gasteiger partial charge in [0, 0.05) is 17.6 Å². The third-order valence-corrected chi connectivity index (χ3v) is 4.22. The van der Waals surface area contributed by atoms with Crippen LogP contribution in [-0.2, 0) is 9.84 Å². The normalized spacial score (nSPS) is 11.7. The lowest BCUT2D eigenvalue weighted by Gasteiger charge is -2.12. The smallest absolute Gasteiger partial charge is 0.406 e. The van der Waals surface area contributed by atoms with Crippen molar-refractivity contribution in [1.82, 2.24) is 0 Å². The molecule has 10 heteroatoms. The van der Waals surface area contributed by atoms with Crippen LogP contribution in [0.5, 0.6) is 5.75 Å². The molecule has 0 unspecified atom stereocenters. The van der Waals surface area contributed by atoms with Gasteiger partial charge in [-0.05, 0) is 60.7 Å². The van der Waals surface area contributed by atoms with Gasteiger partial charge in [-0.2, -0.15) is 0 Å². The molecular weight excluding hydrogens is 377 g/mol. The zero-order valence-electron chi connectivity index (χ0n) is 12.8. The van der Waals surface area contributed by atoms with Crippen LogP contribution in [0.1, 0.15) is 0 Å². The molecule has 0 heterocycles. The van der Waals surface area contributed by atoms with Gasteiger partial charge in [-0.15, -0.1) is 13.2 Å². The Morgan fingerprint density at radius 3 is 1.80 bits per heavy atom. The fourth-order valence-corrected chi connectivity index (χ4v) is 2.69. The number of ether oxygens (including phenoxy) is 1. The molecule has 0 aromatic heterocycles. The highest BCUT2D eigenvalue weighted by atomic mass is 32.2. The van der Waals surface area contributed by atoms with E-state index in [-0.39, 0.29) is 15.8 Å². The lowest BCUT2D eigenvalue weighted by molar-refractivity contribution is -0.274. The Balaban J connectivity index is 1.96. The van der Waals surface area contributed by atoms with Gasteiger partial charge in [-0.3, -0.25) is 0 Å². The second-order valence-electron chi connectivity index (χ2n) is 4.95. The zero-order chi connectivity index (χ0) is 18.7. The molecule has 2 aromatic rings. The van der Waals surface area contributed by atoms with Gasteiger partial charge in [0.1, 0.15) is 5.75 Å². The van der Waals surface area contributed by atoms with E-state index >= 15 is 0 Å². The second kappa shape index (κ2) is 7.28. The summed E-state index contributed by atoms with van der Waals surface area (Å²) in [7, 11) is -3.28. The number of rotatable bonds is 4. The Hall–Kier alpha value is -2.33. The van der Waals surface area contributed by atoms with Crippen molar-refractivity contribution >= 4 is 38.5 Å². The van der Waals surface area contributed by atoms with E-state index in [0.717, 1.165) is 18.4 Å². The highest BCUT2D eigenvalue weighted by molar-refractivity contribution is 7.90. The number of sulfone groups is 1. The highest BCUT2D eigenvalue weighted by Crippen LogP contribution is 2.24. The first-order valence-electron chi connectivity index (χ1n) is 6.77. The largest absolute Gasteiger partial charge is 0.573 e. The first-order chi connectivity index (χ1) is 11.5. The minimum Gasteiger partial charge on any atom is -0.406 e. The van der Waals surface area contributed by atoms with Crippen LogP contribution in [0.3, 0.4) is 0 Å². The Kier molecular flexibility index (Phi) is 5.53. The standard InChI is InChI=1S/C15H13F3N2O3S2/c1-25(21,22)13-8-4-11(5-9-13)20-14(24)19-10-2-6-12(7-3-10)23-15(16,17)18/h2-9H,1H3,(H2,19,20,24). The summed E-state index contributed by atoms with van der Waals surface area (Å²) in [6, 6.07) is 11.0. The molecule has 0 amide bonds. The SMILES string of the molecule is CS(=O)(=O)c1ccc(NC(=S)Nc2ccc(OC(F)(F)F)cc2)cc1.